The fourth-order valence-corrected chi connectivity index (χ4v) is 1.52. The third kappa shape index (κ3) is 6.85. The molecule has 0 bridgehead atoms. The van der Waals surface area contributed by atoms with E-state index in [1.807, 2.05) is 13.1 Å². The van der Waals surface area contributed by atoms with Crippen molar-refractivity contribution in [2.45, 2.75) is 67.0 Å². The zero-order valence-corrected chi connectivity index (χ0v) is 14.0. The van der Waals surface area contributed by atoms with Gasteiger partial charge in [-0.15, -0.1) is 0 Å². The molecule has 0 fully saturated rings. The summed E-state index contributed by atoms with van der Waals surface area (Å²) >= 11 is 0. The molecule has 1 heterocycles. The molecule has 0 amide bonds. The molecule has 1 aromatic rings. The Morgan fingerprint density at radius 3 is 2.30 bits per heavy atom. The van der Waals surface area contributed by atoms with Gasteiger partial charge in [-0.25, -0.2) is 9.97 Å². The first-order valence-corrected chi connectivity index (χ1v) is 7.27. The first-order valence-electron chi connectivity index (χ1n) is 7.27. The highest BCUT2D eigenvalue weighted by Crippen LogP contribution is 2.18. The van der Waals surface area contributed by atoms with Crippen LogP contribution < -0.4 is 10.1 Å². The maximum absolute atomic E-state index is 5.62. The maximum atomic E-state index is 5.62. The first-order chi connectivity index (χ1) is 9.07. The van der Waals surface area contributed by atoms with Crippen LogP contribution in [0.5, 0.6) is 6.01 Å². The Labute approximate surface area is 123 Å². The van der Waals surface area contributed by atoms with Gasteiger partial charge in [-0.05, 0) is 39.5 Å². The highest BCUT2D eigenvalue weighted by molar-refractivity contribution is 5.17. The number of rotatable bonds is 5. The SMILES string of the molecule is Cc1nc(OCCC(C)(C)C)ncc1CNC(C)(C)C. The number of aryl methyl sites for hydroxylation is 1. The zero-order chi connectivity index (χ0) is 15.4. The summed E-state index contributed by atoms with van der Waals surface area (Å²) in [6.45, 7) is 16.5. The van der Waals surface area contributed by atoms with E-state index in [9.17, 15) is 0 Å². The molecule has 0 saturated carbocycles. The third-order valence-electron chi connectivity index (χ3n) is 2.95. The van der Waals surface area contributed by atoms with Crippen molar-refractivity contribution in [3.63, 3.8) is 0 Å². The Morgan fingerprint density at radius 1 is 1.15 bits per heavy atom. The van der Waals surface area contributed by atoms with Crippen LogP contribution in [-0.2, 0) is 6.54 Å². The van der Waals surface area contributed by atoms with Gasteiger partial charge in [0.15, 0.2) is 0 Å². The molecular weight excluding hydrogens is 250 g/mol. The van der Waals surface area contributed by atoms with Crippen LogP contribution in [-0.4, -0.2) is 22.1 Å². The fraction of sp³-hybridized carbons (Fsp3) is 0.750. The lowest BCUT2D eigenvalue weighted by Crippen LogP contribution is -2.35. The number of ether oxygens (including phenoxy) is 1. The molecule has 1 aromatic heterocycles. The van der Waals surface area contributed by atoms with Crippen molar-refractivity contribution in [1.82, 2.24) is 15.3 Å². The summed E-state index contributed by atoms with van der Waals surface area (Å²) < 4.78 is 5.62. The van der Waals surface area contributed by atoms with E-state index < -0.39 is 0 Å². The van der Waals surface area contributed by atoms with E-state index in [4.69, 9.17) is 4.74 Å². The number of nitrogens with one attached hydrogen (secondary N) is 1. The van der Waals surface area contributed by atoms with E-state index in [2.05, 4.69) is 56.8 Å². The van der Waals surface area contributed by atoms with Gasteiger partial charge in [0.05, 0.1) is 6.61 Å². The van der Waals surface area contributed by atoms with Gasteiger partial charge in [0.2, 0.25) is 0 Å². The minimum Gasteiger partial charge on any atom is -0.463 e. The van der Waals surface area contributed by atoms with Crippen LogP contribution in [0.3, 0.4) is 0 Å². The molecule has 0 saturated heterocycles. The van der Waals surface area contributed by atoms with Gasteiger partial charge in [-0.1, -0.05) is 20.8 Å². The van der Waals surface area contributed by atoms with Crippen molar-refractivity contribution >= 4 is 0 Å². The Hall–Kier alpha value is -1.16. The third-order valence-corrected chi connectivity index (χ3v) is 2.95. The summed E-state index contributed by atoms with van der Waals surface area (Å²) in [6, 6.07) is 0.478. The highest BCUT2D eigenvalue weighted by atomic mass is 16.5. The van der Waals surface area contributed by atoms with Crippen molar-refractivity contribution < 1.29 is 4.74 Å². The van der Waals surface area contributed by atoms with Gasteiger partial charge in [0, 0.05) is 29.5 Å². The zero-order valence-electron chi connectivity index (χ0n) is 14.0. The first kappa shape index (κ1) is 16.9. The molecule has 0 spiro atoms. The van der Waals surface area contributed by atoms with E-state index in [1.54, 1.807) is 0 Å². The monoisotopic (exact) mass is 279 g/mol. The van der Waals surface area contributed by atoms with E-state index in [-0.39, 0.29) is 11.0 Å². The summed E-state index contributed by atoms with van der Waals surface area (Å²) in [7, 11) is 0. The molecule has 0 unspecified atom stereocenters. The van der Waals surface area contributed by atoms with Crippen LogP contribution in [0, 0.1) is 12.3 Å². The molecule has 1 rings (SSSR count). The normalized spacial score (nSPS) is 12.6. The minimum absolute atomic E-state index is 0.0916. The number of hydrogen-bond acceptors (Lipinski definition) is 4. The Bertz CT molecular complexity index is 430. The molecule has 114 valence electrons. The molecule has 0 atom stereocenters. The molecule has 0 aliphatic heterocycles. The average Bonchev–Trinajstić information content (AvgIpc) is 2.24. The molecule has 20 heavy (non-hydrogen) atoms. The molecule has 0 aliphatic carbocycles. The van der Waals surface area contributed by atoms with Gasteiger partial charge in [0.25, 0.3) is 0 Å². The van der Waals surface area contributed by atoms with Crippen LogP contribution in [0.4, 0.5) is 0 Å². The fourth-order valence-electron chi connectivity index (χ4n) is 1.52. The van der Waals surface area contributed by atoms with Gasteiger partial charge in [-0.3, -0.25) is 0 Å². The standard InChI is InChI=1S/C16H29N3O/c1-12-13(11-18-16(5,6)7)10-17-14(19-12)20-9-8-15(2,3)4/h10,18H,8-9,11H2,1-7H3. The smallest absolute Gasteiger partial charge is 0.316 e. The lowest BCUT2D eigenvalue weighted by Gasteiger charge is -2.21. The van der Waals surface area contributed by atoms with E-state index in [0.29, 0.717) is 12.6 Å². The quantitative estimate of drug-likeness (QED) is 0.896. The topological polar surface area (TPSA) is 47.0 Å². The van der Waals surface area contributed by atoms with Crippen LogP contribution in [0.2, 0.25) is 0 Å². The molecule has 1 N–H and O–H groups in total. The largest absolute Gasteiger partial charge is 0.463 e. The second-order valence-corrected chi connectivity index (χ2v) is 7.53. The number of nitrogens with zero attached hydrogens (tertiary/aromatic N) is 2. The summed E-state index contributed by atoms with van der Waals surface area (Å²) in [6.07, 6.45) is 2.84. The number of hydrogen-bond donors (Lipinski definition) is 1. The summed E-state index contributed by atoms with van der Waals surface area (Å²) in [5, 5.41) is 3.44. The molecule has 0 radical (unpaired) electrons. The lowest BCUT2D eigenvalue weighted by atomic mass is 9.93. The van der Waals surface area contributed by atoms with Crippen molar-refractivity contribution in [3.8, 4) is 6.01 Å². The van der Waals surface area contributed by atoms with Crippen LogP contribution in [0.1, 0.15) is 59.2 Å². The Morgan fingerprint density at radius 2 is 1.80 bits per heavy atom. The molecule has 0 aromatic carbocycles. The van der Waals surface area contributed by atoms with Gasteiger partial charge in [0.1, 0.15) is 0 Å². The lowest BCUT2D eigenvalue weighted by molar-refractivity contribution is 0.228. The predicted molar refractivity (Wildman–Crippen MR) is 82.9 cm³/mol. The molecule has 4 nitrogen and oxygen atoms in total. The molecule has 0 aliphatic rings. The predicted octanol–water partition coefficient (Wildman–Crippen LogP) is 3.49. The van der Waals surface area contributed by atoms with Crippen molar-refractivity contribution in [2.24, 2.45) is 5.41 Å². The van der Waals surface area contributed by atoms with E-state index in [0.717, 1.165) is 24.2 Å². The van der Waals surface area contributed by atoms with Crippen molar-refractivity contribution in [2.75, 3.05) is 6.61 Å². The Kier molecular flexibility index (Phi) is 5.51. The average molecular weight is 279 g/mol. The van der Waals surface area contributed by atoms with E-state index >= 15 is 0 Å². The van der Waals surface area contributed by atoms with Crippen LogP contribution in [0.15, 0.2) is 6.20 Å². The van der Waals surface area contributed by atoms with E-state index in [1.165, 1.54) is 0 Å². The second kappa shape index (κ2) is 6.53. The van der Waals surface area contributed by atoms with Gasteiger partial charge in [-0.2, -0.15) is 0 Å². The summed E-state index contributed by atoms with van der Waals surface area (Å²) in [4.78, 5) is 8.71. The summed E-state index contributed by atoms with van der Waals surface area (Å²) in [5.74, 6) is 0. The highest BCUT2D eigenvalue weighted by Gasteiger charge is 2.12. The van der Waals surface area contributed by atoms with Crippen molar-refractivity contribution in [3.05, 3.63) is 17.5 Å². The van der Waals surface area contributed by atoms with Crippen molar-refractivity contribution in [1.29, 1.82) is 0 Å². The van der Waals surface area contributed by atoms with Crippen LogP contribution >= 0.6 is 0 Å². The minimum atomic E-state index is 0.0916. The second-order valence-electron chi connectivity index (χ2n) is 7.53. The number of aromatic nitrogens is 2. The molecular formula is C16H29N3O. The Balaban J connectivity index is 2.55. The molecule has 4 heteroatoms. The van der Waals surface area contributed by atoms with Crippen LogP contribution in [0.25, 0.3) is 0 Å². The maximum Gasteiger partial charge on any atom is 0.316 e. The van der Waals surface area contributed by atoms with Gasteiger partial charge < -0.3 is 10.1 Å². The summed E-state index contributed by atoms with van der Waals surface area (Å²) in [5.41, 5.74) is 2.45. The van der Waals surface area contributed by atoms with Gasteiger partial charge >= 0.3 is 6.01 Å².